The van der Waals surface area contributed by atoms with Crippen LogP contribution in [0.1, 0.15) is 29.7 Å². The molecule has 0 unspecified atom stereocenters. The molecule has 1 aliphatic heterocycles. The van der Waals surface area contributed by atoms with Gasteiger partial charge in [-0.2, -0.15) is 5.10 Å². The van der Waals surface area contributed by atoms with E-state index in [9.17, 15) is 9.59 Å². The van der Waals surface area contributed by atoms with Crippen LogP contribution in [0.25, 0.3) is 0 Å². The summed E-state index contributed by atoms with van der Waals surface area (Å²) in [5.74, 6) is -0.231. The summed E-state index contributed by atoms with van der Waals surface area (Å²) in [5, 5.41) is 5.79. The largest absolute Gasteiger partial charge is 0.340 e. The molecule has 0 saturated carbocycles. The highest BCUT2D eigenvalue weighted by Crippen LogP contribution is 2.25. The molecule has 0 bridgehead atoms. The number of hydrogen-bond acceptors (Lipinski definition) is 4. The SMILES string of the molecule is Cc1ccc(C)c(N2N=C(C(=O)N(C)CCc3ccccn3)CCC2=O)c1. The van der Waals surface area contributed by atoms with E-state index in [0.29, 0.717) is 25.1 Å². The van der Waals surface area contributed by atoms with Crippen LogP contribution in [0, 0.1) is 13.8 Å². The van der Waals surface area contributed by atoms with Crippen LogP contribution < -0.4 is 5.01 Å². The van der Waals surface area contributed by atoms with E-state index in [-0.39, 0.29) is 18.2 Å². The fraction of sp³-hybridized carbons (Fsp3) is 0.333. The van der Waals surface area contributed by atoms with Gasteiger partial charge in [-0.05, 0) is 43.2 Å². The van der Waals surface area contributed by atoms with Crippen molar-refractivity contribution in [3.8, 4) is 0 Å². The third kappa shape index (κ3) is 4.39. The van der Waals surface area contributed by atoms with Crippen LogP contribution in [-0.4, -0.2) is 41.0 Å². The molecule has 27 heavy (non-hydrogen) atoms. The van der Waals surface area contributed by atoms with E-state index < -0.39 is 0 Å². The first-order valence-electron chi connectivity index (χ1n) is 9.09. The Balaban J connectivity index is 1.75. The number of carbonyl (C=O) groups excluding carboxylic acids is 2. The van der Waals surface area contributed by atoms with Crippen molar-refractivity contribution in [3.63, 3.8) is 0 Å². The summed E-state index contributed by atoms with van der Waals surface area (Å²) in [6.07, 6.45) is 3.07. The Morgan fingerprint density at radius 1 is 1.19 bits per heavy atom. The van der Waals surface area contributed by atoms with E-state index in [1.165, 1.54) is 5.01 Å². The molecule has 0 radical (unpaired) electrons. The van der Waals surface area contributed by atoms with Gasteiger partial charge in [-0.1, -0.05) is 18.2 Å². The molecule has 2 amide bonds. The predicted octanol–water partition coefficient (Wildman–Crippen LogP) is 2.88. The zero-order valence-corrected chi connectivity index (χ0v) is 16.0. The average Bonchev–Trinajstić information content (AvgIpc) is 2.68. The number of aryl methyl sites for hydroxylation is 2. The highest BCUT2D eigenvalue weighted by Gasteiger charge is 2.28. The smallest absolute Gasteiger partial charge is 0.269 e. The van der Waals surface area contributed by atoms with Gasteiger partial charge in [0.15, 0.2) is 0 Å². The lowest BCUT2D eigenvalue weighted by molar-refractivity contribution is -0.123. The molecular weight excluding hydrogens is 340 g/mol. The molecule has 3 rings (SSSR count). The molecule has 6 heteroatoms. The lowest BCUT2D eigenvalue weighted by Crippen LogP contribution is -2.40. The lowest BCUT2D eigenvalue weighted by atomic mass is 10.1. The molecule has 0 fully saturated rings. The van der Waals surface area contributed by atoms with Gasteiger partial charge in [-0.25, -0.2) is 5.01 Å². The van der Waals surface area contributed by atoms with Crippen LogP contribution in [-0.2, 0) is 16.0 Å². The second kappa shape index (κ2) is 8.12. The first-order valence-corrected chi connectivity index (χ1v) is 9.09. The molecule has 0 aliphatic carbocycles. The van der Waals surface area contributed by atoms with Gasteiger partial charge in [-0.15, -0.1) is 0 Å². The molecule has 1 aliphatic rings. The number of rotatable bonds is 5. The van der Waals surface area contributed by atoms with Crippen molar-refractivity contribution < 1.29 is 9.59 Å². The number of hydrogen-bond donors (Lipinski definition) is 0. The zero-order valence-electron chi connectivity index (χ0n) is 16.0. The molecule has 140 valence electrons. The van der Waals surface area contributed by atoms with Crippen molar-refractivity contribution in [3.05, 3.63) is 59.4 Å². The van der Waals surface area contributed by atoms with Crippen molar-refractivity contribution in [2.24, 2.45) is 5.10 Å². The summed E-state index contributed by atoms with van der Waals surface area (Å²) >= 11 is 0. The second-order valence-electron chi connectivity index (χ2n) is 6.84. The number of anilines is 1. The normalized spacial score (nSPS) is 14.1. The Kier molecular flexibility index (Phi) is 5.64. The van der Waals surface area contributed by atoms with E-state index >= 15 is 0 Å². The summed E-state index contributed by atoms with van der Waals surface area (Å²) in [4.78, 5) is 31.1. The van der Waals surface area contributed by atoms with Crippen molar-refractivity contribution in [2.75, 3.05) is 18.6 Å². The number of hydrazone groups is 1. The van der Waals surface area contributed by atoms with Gasteiger partial charge in [0.1, 0.15) is 5.71 Å². The highest BCUT2D eigenvalue weighted by atomic mass is 16.2. The number of carbonyl (C=O) groups is 2. The molecule has 0 saturated heterocycles. The minimum Gasteiger partial charge on any atom is -0.340 e. The van der Waals surface area contributed by atoms with Crippen molar-refractivity contribution in [2.45, 2.75) is 33.1 Å². The van der Waals surface area contributed by atoms with Gasteiger partial charge >= 0.3 is 0 Å². The Labute approximate surface area is 159 Å². The minimum absolute atomic E-state index is 0.0867. The fourth-order valence-corrected chi connectivity index (χ4v) is 2.99. The minimum atomic E-state index is -0.145. The average molecular weight is 364 g/mol. The van der Waals surface area contributed by atoms with Gasteiger partial charge in [0.2, 0.25) is 5.91 Å². The molecule has 0 atom stereocenters. The van der Waals surface area contributed by atoms with Gasteiger partial charge < -0.3 is 4.90 Å². The molecule has 1 aromatic heterocycles. The number of pyridine rings is 1. The number of amides is 2. The summed E-state index contributed by atoms with van der Waals surface area (Å²) in [6, 6.07) is 11.6. The summed E-state index contributed by atoms with van der Waals surface area (Å²) in [7, 11) is 1.76. The van der Waals surface area contributed by atoms with Gasteiger partial charge in [-0.3, -0.25) is 14.6 Å². The number of nitrogens with zero attached hydrogens (tertiary/aromatic N) is 4. The van der Waals surface area contributed by atoms with E-state index in [4.69, 9.17) is 0 Å². The molecule has 6 nitrogen and oxygen atoms in total. The Morgan fingerprint density at radius 3 is 2.74 bits per heavy atom. The van der Waals surface area contributed by atoms with Gasteiger partial charge in [0.05, 0.1) is 5.69 Å². The van der Waals surface area contributed by atoms with E-state index in [2.05, 4.69) is 10.1 Å². The first-order chi connectivity index (χ1) is 13.0. The summed E-state index contributed by atoms with van der Waals surface area (Å²) in [6.45, 7) is 4.46. The topological polar surface area (TPSA) is 65.9 Å². The summed E-state index contributed by atoms with van der Waals surface area (Å²) in [5.41, 5.74) is 4.09. The van der Waals surface area contributed by atoms with Gasteiger partial charge in [0, 0.05) is 44.7 Å². The van der Waals surface area contributed by atoms with Crippen molar-refractivity contribution >= 4 is 23.2 Å². The van der Waals surface area contributed by atoms with E-state index in [0.717, 1.165) is 22.5 Å². The van der Waals surface area contributed by atoms with Gasteiger partial charge in [0.25, 0.3) is 5.91 Å². The van der Waals surface area contributed by atoms with Crippen molar-refractivity contribution in [1.29, 1.82) is 0 Å². The van der Waals surface area contributed by atoms with Crippen molar-refractivity contribution in [1.82, 2.24) is 9.88 Å². The monoisotopic (exact) mass is 364 g/mol. The lowest BCUT2D eigenvalue weighted by Gasteiger charge is -2.26. The molecular formula is C21H24N4O2. The van der Waals surface area contributed by atoms with Crippen LogP contribution in [0.2, 0.25) is 0 Å². The zero-order chi connectivity index (χ0) is 19.4. The molecule has 2 heterocycles. The Morgan fingerprint density at radius 2 is 2.00 bits per heavy atom. The molecule has 0 N–H and O–H groups in total. The highest BCUT2D eigenvalue weighted by molar-refractivity contribution is 6.40. The summed E-state index contributed by atoms with van der Waals surface area (Å²) < 4.78 is 0. The number of likely N-dealkylation sites (N-methyl/N-ethyl adjacent to an activating group) is 1. The Bertz CT molecular complexity index is 877. The van der Waals surface area contributed by atoms with E-state index in [1.807, 2.05) is 50.2 Å². The predicted molar refractivity (Wildman–Crippen MR) is 106 cm³/mol. The molecule has 2 aromatic rings. The number of benzene rings is 1. The third-order valence-electron chi connectivity index (χ3n) is 4.65. The maximum absolute atomic E-state index is 12.8. The quantitative estimate of drug-likeness (QED) is 0.819. The van der Waals surface area contributed by atoms with Crippen LogP contribution in [0.4, 0.5) is 5.69 Å². The molecule has 0 spiro atoms. The Hall–Kier alpha value is -3.02. The standard InChI is InChI=1S/C21H24N4O2/c1-15-7-8-16(2)19(14-15)25-20(26)10-9-18(23-25)21(27)24(3)13-11-17-6-4-5-12-22-17/h4-8,12,14H,9-11,13H2,1-3H3. The maximum atomic E-state index is 12.8. The number of aromatic nitrogens is 1. The maximum Gasteiger partial charge on any atom is 0.269 e. The van der Waals surface area contributed by atoms with Crippen LogP contribution in [0.5, 0.6) is 0 Å². The first kappa shape index (κ1) is 18.8. The fourth-order valence-electron chi connectivity index (χ4n) is 2.99. The van der Waals surface area contributed by atoms with Crippen LogP contribution in [0.15, 0.2) is 47.7 Å². The molecule has 1 aromatic carbocycles. The third-order valence-corrected chi connectivity index (χ3v) is 4.65. The van der Waals surface area contributed by atoms with Crippen LogP contribution >= 0.6 is 0 Å². The van der Waals surface area contributed by atoms with E-state index in [1.54, 1.807) is 18.1 Å². The second-order valence-corrected chi connectivity index (χ2v) is 6.84. The van der Waals surface area contributed by atoms with Crippen LogP contribution in [0.3, 0.4) is 0 Å².